The third-order valence-electron chi connectivity index (χ3n) is 4.68. The maximum atomic E-state index is 13.7. The molecule has 0 bridgehead atoms. The van der Waals surface area contributed by atoms with Crippen LogP contribution in [0.4, 0.5) is 24.5 Å². The van der Waals surface area contributed by atoms with Crippen LogP contribution in [-0.2, 0) is 6.18 Å². The van der Waals surface area contributed by atoms with Crippen LogP contribution in [0.1, 0.15) is 42.4 Å². The number of alkyl halides is 3. The molecule has 1 aliphatic rings. The fourth-order valence-electron chi connectivity index (χ4n) is 3.22. The van der Waals surface area contributed by atoms with Gasteiger partial charge in [-0.2, -0.15) is 13.2 Å². The summed E-state index contributed by atoms with van der Waals surface area (Å²) in [6, 6.07) is 10.3. The van der Waals surface area contributed by atoms with Crippen LogP contribution < -0.4 is 10.2 Å². The lowest BCUT2D eigenvalue weighted by Crippen LogP contribution is -2.30. The molecule has 152 valence electrons. The molecule has 1 aromatic heterocycles. The highest BCUT2D eigenvalue weighted by atomic mass is 19.4. The van der Waals surface area contributed by atoms with Gasteiger partial charge in [0.2, 0.25) is 0 Å². The van der Waals surface area contributed by atoms with Crippen molar-refractivity contribution in [3.8, 4) is 0 Å². The number of hydrogen-bond acceptors (Lipinski definition) is 4. The number of aryl methyl sites for hydroxylation is 1. The van der Waals surface area contributed by atoms with Crippen LogP contribution in [0.15, 0.2) is 59.2 Å². The van der Waals surface area contributed by atoms with Gasteiger partial charge in [-0.3, -0.25) is 14.4 Å². The molecule has 0 radical (unpaired) electrons. The summed E-state index contributed by atoms with van der Waals surface area (Å²) in [5.74, 6) is -2.40. The molecule has 3 aromatic rings. The minimum absolute atomic E-state index is 0.113. The van der Waals surface area contributed by atoms with E-state index in [9.17, 15) is 27.6 Å². The van der Waals surface area contributed by atoms with Crippen molar-refractivity contribution in [1.82, 2.24) is 0 Å². The highest BCUT2D eigenvalue weighted by Gasteiger charge is 2.39. The van der Waals surface area contributed by atoms with E-state index in [4.69, 9.17) is 4.42 Å². The number of nitrogens with zero attached hydrogens (tertiary/aromatic N) is 1. The van der Waals surface area contributed by atoms with Gasteiger partial charge in [0.05, 0.1) is 34.3 Å². The molecule has 9 heteroatoms. The number of hydrogen-bond donors (Lipinski definition) is 1. The summed E-state index contributed by atoms with van der Waals surface area (Å²) in [6.45, 7) is 1.58. The predicted octanol–water partition coefficient (Wildman–Crippen LogP) is 4.66. The maximum Gasteiger partial charge on any atom is 0.418 e. The number of nitrogens with one attached hydrogen (secondary N) is 1. The molecule has 2 heterocycles. The van der Waals surface area contributed by atoms with Gasteiger partial charge in [0.25, 0.3) is 17.7 Å². The van der Waals surface area contributed by atoms with Crippen molar-refractivity contribution in [1.29, 1.82) is 0 Å². The van der Waals surface area contributed by atoms with Gasteiger partial charge in [-0.25, -0.2) is 4.90 Å². The van der Waals surface area contributed by atoms with E-state index < -0.39 is 35.1 Å². The Kier molecular flexibility index (Phi) is 4.45. The van der Waals surface area contributed by atoms with Crippen molar-refractivity contribution < 1.29 is 32.0 Å². The zero-order valence-corrected chi connectivity index (χ0v) is 15.4. The maximum absolute atomic E-state index is 13.7. The Morgan fingerprint density at radius 2 is 1.63 bits per heavy atom. The molecule has 0 saturated carbocycles. The van der Waals surface area contributed by atoms with Gasteiger partial charge in [-0.1, -0.05) is 12.1 Å². The summed E-state index contributed by atoms with van der Waals surface area (Å²) in [7, 11) is 0. The summed E-state index contributed by atoms with van der Waals surface area (Å²) < 4.78 is 46.0. The van der Waals surface area contributed by atoms with Crippen molar-refractivity contribution in [2.24, 2.45) is 0 Å². The number of rotatable bonds is 3. The summed E-state index contributed by atoms with van der Waals surface area (Å²) in [5.41, 5.74) is -1.29. The van der Waals surface area contributed by atoms with E-state index >= 15 is 0 Å². The van der Waals surface area contributed by atoms with Crippen molar-refractivity contribution in [3.63, 3.8) is 0 Å². The second-order valence-electron chi connectivity index (χ2n) is 6.61. The standard InChI is InChI=1S/C21H13F3N2O4/c1-11-8-9-30-17(11)18(27)25-16-7-6-12(10-15(16)21(22,23)24)26-19(28)13-4-2-3-5-14(13)20(26)29/h2-10H,1H3,(H,25,27). The lowest BCUT2D eigenvalue weighted by atomic mass is 10.1. The third kappa shape index (κ3) is 3.14. The third-order valence-corrected chi connectivity index (χ3v) is 4.68. The summed E-state index contributed by atoms with van der Waals surface area (Å²) in [4.78, 5) is 38.1. The molecule has 0 saturated heterocycles. The number of fused-ring (bicyclic) bond motifs is 1. The number of carbonyl (C=O) groups excluding carboxylic acids is 3. The number of amides is 3. The fraction of sp³-hybridized carbons (Fsp3) is 0.0952. The average molecular weight is 414 g/mol. The number of carbonyl (C=O) groups is 3. The Morgan fingerprint density at radius 1 is 1.00 bits per heavy atom. The van der Waals surface area contributed by atoms with Crippen LogP contribution in [0.25, 0.3) is 0 Å². The molecular formula is C21H13F3N2O4. The first-order valence-corrected chi connectivity index (χ1v) is 8.73. The largest absolute Gasteiger partial charge is 0.459 e. The van der Waals surface area contributed by atoms with E-state index in [0.717, 1.165) is 6.07 Å². The van der Waals surface area contributed by atoms with E-state index in [-0.39, 0.29) is 22.6 Å². The van der Waals surface area contributed by atoms with Gasteiger partial charge >= 0.3 is 6.18 Å². The molecule has 2 aromatic carbocycles. The van der Waals surface area contributed by atoms with Crippen LogP contribution in [0.3, 0.4) is 0 Å². The minimum atomic E-state index is -4.85. The number of halogens is 3. The number of imide groups is 1. The zero-order valence-electron chi connectivity index (χ0n) is 15.4. The normalized spacial score (nSPS) is 13.5. The van der Waals surface area contributed by atoms with E-state index in [2.05, 4.69) is 5.32 Å². The highest BCUT2D eigenvalue weighted by Crippen LogP contribution is 2.39. The smallest absolute Gasteiger partial charge is 0.418 e. The first-order chi connectivity index (χ1) is 14.2. The monoisotopic (exact) mass is 414 g/mol. The molecule has 6 nitrogen and oxygen atoms in total. The molecular weight excluding hydrogens is 401 g/mol. The van der Waals surface area contributed by atoms with Crippen LogP contribution in [0.2, 0.25) is 0 Å². The lowest BCUT2D eigenvalue weighted by Gasteiger charge is -2.19. The van der Waals surface area contributed by atoms with Gasteiger partial charge in [0.1, 0.15) is 0 Å². The summed E-state index contributed by atoms with van der Waals surface area (Å²) >= 11 is 0. The van der Waals surface area contributed by atoms with Crippen LogP contribution in [0.5, 0.6) is 0 Å². The van der Waals surface area contributed by atoms with E-state index in [1.807, 2.05) is 0 Å². The molecule has 0 spiro atoms. The quantitative estimate of drug-likeness (QED) is 0.633. The SMILES string of the molecule is Cc1ccoc1C(=O)Nc1ccc(N2C(=O)c3ccccc3C2=O)cc1C(F)(F)F. The topological polar surface area (TPSA) is 79.6 Å². The average Bonchev–Trinajstić information content (AvgIpc) is 3.23. The number of furan rings is 1. The fourth-order valence-corrected chi connectivity index (χ4v) is 3.22. The van der Waals surface area contributed by atoms with E-state index in [1.165, 1.54) is 30.5 Å². The van der Waals surface area contributed by atoms with Gasteiger partial charge in [-0.05, 0) is 43.3 Å². The summed E-state index contributed by atoms with van der Waals surface area (Å²) in [5, 5.41) is 2.18. The minimum Gasteiger partial charge on any atom is -0.459 e. The predicted molar refractivity (Wildman–Crippen MR) is 100 cm³/mol. The van der Waals surface area contributed by atoms with Crippen LogP contribution in [-0.4, -0.2) is 17.7 Å². The van der Waals surface area contributed by atoms with Crippen LogP contribution >= 0.6 is 0 Å². The zero-order chi connectivity index (χ0) is 21.6. The Bertz CT molecular complexity index is 1160. The van der Waals surface area contributed by atoms with Crippen molar-refractivity contribution >= 4 is 29.1 Å². The molecule has 0 fully saturated rings. The second kappa shape index (κ2) is 6.87. The number of anilines is 2. The molecule has 0 atom stereocenters. The number of benzene rings is 2. The van der Waals surface area contributed by atoms with Crippen LogP contribution in [0, 0.1) is 6.92 Å². The Morgan fingerprint density at radius 3 is 2.17 bits per heavy atom. The highest BCUT2D eigenvalue weighted by molar-refractivity contribution is 6.34. The van der Waals surface area contributed by atoms with Gasteiger partial charge < -0.3 is 9.73 Å². The Labute approximate surface area is 167 Å². The van der Waals surface area contributed by atoms with Crippen molar-refractivity contribution in [3.05, 3.63) is 82.8 Å². The first kappa shape index (κ1) is 19.4. The molecule has 1 aliphatic heterocycles. The van der Waals surface area contributed by atoms with Gasteiger partial charge in [-0.15, -0.1) is 0 Å². The molecule has 0 unspecified atom stereocenters. The Hall–Kier alpha value is -3.88. The lowest BCUT2D eigenvalue weighted by molar-refractivity contribution is -0.136. The molecule has 0 aliphatic carbocycles. The molecule has 4 rings (SSSR count). The molecule has 1 N–H and O–H groups in total. The van der Waals surface area contributed by atoms with Gasteiger partial charge in [0, 0.05) is 5.56 Å². The van der Waals surface area contributed by atoms with E-state index in [0.29, 0.717) is 16.5 Å². The molecule has 3 amide bonds. The van der Waals surface area contributed by atoms with Crippen molar-refractivity contribution in [2.75, 3.05) is 10.2 Å². The summed E-state index contributed by atoms with van der Waals surface area (Å²) in [6.07, 6.45) is -3.60. The second-order valence-corrected chi connectivity index (χ2v) is 6.61. The van der Waals surface area contributed by atoms with E-state index in [1.54, 1.807) is 19.1 Å². The first-order valence-electron chi connectivity index (χ1n) is 8.73. The molecule has 30 heavy (non-hydrogen) atoms. The van der Waals surface area contributed by atoms with Crippen molar-refractivity contribution in [2.45, 2.75) is 13.1 Å². The Balaban J connectivity index is 1.73. The van der Waals surface area contributed by atoms with Gasteiger partial charge in [0.15, 0.2) is 5.76 Å².